The number of nitrogens with zero attached hydrogens (tertiary/aromatic N) is 2. The lowest BCUT2D eigenvalue weighted by atomic mass is 10.1. The highest BCUT2D eigenvalue weighted by molar-refractivity contribution is 6.01. The van der Waals surface area contributed by atoms with Crippen LogP contribution in [-0.4, -0.2) is 56.2 Å². The quantitative estimate of drug-likeness (QED) is 0.491. The Morgan fingerprint density at radius 1 is 1.12 bits per heavy atom. The van der Waals surface area contributed by atoms with E-state index in [1.807, 2.05) is 44.2 Å². The van der Waals surface area contributed by atoms with E-state index in [0.717, 1.165) is 5.56 Å². The second-order valence-electron chi connectivity index (χ2n) is 7.42. The van der Waals surface area contributed by atoms with Crippen molar-refractivity contribution in [3.05, 3.63) is 59.2 Å². The van der Waals surface area contributed by atoms with E-state index in [1.165, 1.54) is 6.08 Å². The zero-order valence-corrected chi connectivity index (χ0v) is 18.8. The predicted octanol–water partition coefficient (Wildman–Crippen LogP) is 3.18. The second-order valence-corrected chi connectivity index (χ2v) is 7.42. The van der Waals surface area contributed by atoms with Gasteiger partial charge in [0.1, 0.15) is 11.6 Å². The Labute approximate surface area is 193 Å². The van der Waals surface area contributed by atoms with E-state index in [-0.39, 0.29) is 24.0 Å². The molecule has 3 rings (SSSR count). The molecule has 1 saturated heterocycles. The molecule has 1 N–H and O–H groups in total. The van der Waals surface area contributed by atoms with Crippen molar-refractivity contribution in [1.82, 2.24) is 4.90 Å². The van der Waals surface area contributed by atoms with Gasteiger partial charge in [0, 0.05) is 18.8 Å². The van der Waals surface area contributed by atoms with E-state index in [9.17, 15) is 14.9 Å². The molecule has 0 radical (unpaired) electrons. The van der Waals surface area contributed by atoms with Crippen molar-refractivity contribution in [1.29, 1.82) is 5.26 Å². The Bertz CT molecular complexity index is 1050. The van der Waals surface area contributed by atoms with Crippen LogP contribution in [0.3, 0.4) is 0 Å². The molecule has 172 valence electrons. The van der Waals surface area contributed by atoms with Gasteiger partial charge in [0.2, 0.25) is 0 Å². The van der Waals surface area contributed by atoms with Crippen LogP contribution in [-0.2, 0) is 14.3 Å². The summed E-state index contributed by atoms with van der Waals surface area (Å²) in [5, 5.41) is 12.3. The maximum Gasteiger partial charge on any atom is 0.264 e. The molecule has 0 saturated carbocycles. The monoisotopic (exact) mass is 449 g/mol. The van der Waals surface area contributed by atoms with Crippen molar-refractivity contribution in [3.63, 3.8) is 0 Å². The molecule has 2 aromatic carbocycles. The van der Waals surface area contributed by atoms with Crippen LogP contribution >= 0.6 is 0 Å². The lowest BCUT2D eigenvalue weighted by Gasteiger charge is -2.26. The first kappa shape index (κ1) is 23.8. The Hall–Kier alpha value is -3.83. The molecule has 1 aliphatic heterocycles. The van der Waals surface area contributed by atoms with E-state index >= 15 is 0 Å². The highest BCUT2D eigenvalue weighted by Gasteiger charge is 2.21. The van der Waals surface area contributed by atoms with Crippen LogP contribution < -0.4 is 14.8 Å². The number of anilines is 1. The van der Waals surface area contributed by atoms with Crippen LogP contribution in [0.5, 0.6) is 11.5 Å². The minimum absolute atomic E-state index is 0.0329. The molecule has 33 heavy (non-hydrogen) atoms. The predicted molar refractivity (Wildman–Crippen MR) is 124 cm³/mol. The number of nitriles is 1. The van der Waals surface area contributed by atoms with Gasteiger partial charge >= 0.3 is 0 Å². The van der Waals surface area contributed by atoms with Gasteiger partial charge in [-0.05, 0) is 49.8 Å². The van der Waals surface area contributed by atoms with Crippen LogP contribution in [0.2, 0.25) is 0 Å². The van der Waals surface area contributed by atoms with E-state index in [1.54, 1.807) is 23.1 Å². The van der Waals surface area contributed by atoms with Crippen molar-refractivity contribution in [2.45, 2.75) is 13.8 Å². The van der Waals surface area contributed by atoms with Gasteiger partial charge in [-0.15, -0.1) is 0 Å². The molecule has 1 fully saturated rings. The van der Waals surface area contributed by atoms with Gasteiger partial charge in [-0.25, -0.2) is 0 Å². The number of nitrogens with one attached hydrogen (secondary N) is 1. The van der Waals surface area contributed by atoms with Gasteiger partial charge in [-0.3, -0.25) is 9.59 Å². The Morgan fingerprint density at radius 2 is 1.85 bits per heavy atom. The Kier molecular flexibility index (Phi) is 8.44. The molecule has 0 bridgehead atoms. The molecule has 0 spiro atoms. The number of carbonyl (C=O) groups is 2. The molecule has 1 heterocycles. The topological polar surface area (TPSA) is 101 Å². The van der Waals surface area contributed by atoms with Crippen LogP contribution in [0.4, 0.5) is 5.69 Å². The van der Waals surface area contributed by atoms with Crippen molar-refractivity contribution in [2.24, 2.45) is 0 Å². The number of amides is 2. The first-order chi connectivity index (χ1) is 16.0. The lowest BCUT2D eigenvalue weighted by Crippen LogP contribution is -2.41. The summed E-state index contributed by atoms with van der Waals surface area (Å²) < 4.78 is 16.6. The van der Waals surface area contributed by atoms with E-state index in [2.05, 4.69) is 5.32 Å². The summed E-state index contributed by atoms with van der Waals surface area (Å²) in [6.07, 6.45) is 1.52. The maximum atomic E-state index is 12.6. The van der Waals surface area contributed by atoms with Crippen LogP contribution in [0, 0.1) is 18.3 Å². The molecular weight excluding hydrogens is 422 g/mol. The SMILES string of the molecule is CCOc1cc(/C=C(\C#N)C(=O)N2CCOCC2)ccc1OCC(=O)Nc1ccc(C)cc1. The van der Waals surface area contributed by atoms with Gasteiger partial charge < -0.3 is 24.4 Å². The van der Waals surface area contributed by atoms with E-state index in [4.69, 9.17) is 14.2 Å². The average Bonchev–Trinajstić information content (AvgIpc) is 2.84. The number of carbonyl (C=O) groups excluding carboxylic acids is 2. The van der Waals surface area contributed by atoms with Gasteiger partial charge in [0.15, 0.2) is 18.1 Å². The molecule has 0 aromatic heterocycles. The Morgan fingerprint density at radius 3 is 2.52 bits per heavy atom. The van der Waals surface area contributed by atoms with E-state index in [0.29, 0.717) is 55.7 Å². The third-order valence-electron chi connectivity index (χ3n) is 4.92. The molecule has 8 heteroatoms. The second kappa shape index (κ2) is 11.7. The summed E-state index contributed by atoms with van der Waals surface area (Å²) in [7, 11) is 0. The van der Waals surface area contributed by atoms with Crippen molar-refractivity contribution in [3.8, 4) is 17.6 Å². The van der Waals surface area contributed by atoms with Crippen LogP contribution in [0.1, 0.15) is 18.1 Å². The third-order valence-corrected chi connectivity index (χ3v) is 4.92. The summed E-state index contributed by atoms with van der Waals surface area (Å²) in [6.45, 7) is 5.84. The fourth-order valence-corrected chi connectivity index (χ4v) is 3.22. The molecule has 0 unspecified atom stereocenters. The minimum atomic E-state index is -0.327. The smallest absolute Gasteiger partial charge is 0.264 e. The Balaban J connectivity index is 1.69. The normalized spacial score (nSPS) is 13.7. The average molecular weight is 450 g/mol. The van der Waals surface area contributed by atoms with Gasteiger partial charge in [-0.1, -0.05) is 23.8 Å². The minimum Gasteiger partial charge on any atom is -0.490 e. The first-order valence-electron chi connectivity index (χ1n) is 10.7. The van der Waals surface area contributed by atoms with Gasteiger partial charge in [0.25, 0.3) is 11.8 Å². The highest BCUT2D eigenvalue weighted by Crippen LogP contribution is 2.29. The fraction of sp³-hybridized carbons (Fsp3) is 0.320. The number of ether oxygens (including phenoxy) is 3. The highest BCUT2D eigenvalue weighted by atomic mass is 16.5. The zero-order chi connectivity index (χ0) is 23.6. The van der Waals surface area contributed by atoms with Crippen LogP contribution in [0.15, 0.2) is 48.0 Å². The number of hydrogen-bond acceptors (Lipinski definition) is 6. The van der Waals surface area contributed by atoms with E-state index < -0.39 is 0 Å². The molecule has 8 nitrogen and oxygen atoms in total. The standard InChI is InChI=1S/C25H27N3O5/c1-3-32-23-15-19(14-20(16-26)25(30)28-10-12-31-13-11-28)6-9-22(23)33-17-24(29)27-21-7-4-18(2)5-8-21/h4-9,14-15H,3,10-13,17H2,1-2H3,(H,27,29)/b20-14+. The maximum absolute atomic E-state index is 12.6. The van der Waals surface area contributed by atoms with Crippen LogP contribution in [0.25, 0.3) is 6.08 Å². The molecular formula is C25H27N3O5. The zero-order valence-electron chi connectivity index (χ0n) is 18.8. The summed E-state index contributed by atoms with van der Waals surface area (Å²) in [5.41, 5.74) is 2.44. The lowest BCUT2D eigenvalue weighted by molar-refractivity contribution is -0.130. The largest absolute Gasteiger partial charge is 0.490 e. The third kappa shape index (κ3) is 6.82. The molecule has 2 aromatic rings. The summed E-state index contributed by atoms with van der Waals surface area (Å²) in [4.78, 5) is 26.5. The molecule has 2 amide bonds. The number of benzene rings is 2. The van der Waals surface area contributed by atoms with Crippen molar-refractivity contribution in [2.75, 3.05) is 44.8 Å². The first-order valence-corrected chi connectivity index (χ1v) is 10.7. The molecule has 1 aliphatic rings. The van der Waals surface area contributed by atoms with Crippen molar-refractivity contribution >= 4 is 23.6 Å². The summed E-state index contributed by atoms with van der Waals surface area (Å²) in [5.74, 6) is 0.191. The number of rotatable bonds is 8. The van der Waals surface area contributed by atoms with Gasteiger partial charge in [-0.2, -0.15) is 5.26 Å². The molecule has 0 aliphatic carbocycles. The number of morpholine rings is 1. The van der Waals surface area contributed by atoms with Gasteiger partial charge in [0.05, 0.1) is 19.8 Å². The number of aryl methyl sites for hydroxylation is 1. The molecule has 0 atom stereocenters. The summed E-state index contributed by atoms with van der Waals surface area (Å²) >= 11 is 0. The number of hydrogen-bond donors (Lipinski definition) is 1. The summed E-state index contributed by atoms with van der Waals surface area (Å²) in [6, 6.07) is 14.5. The van der Waals surface area contributed by atoms with Crippen molar-refractivity contribution < 1.29 is 23.8 Å². The fourth-order valence-electron chi connectivity index (χ4n) is 3.22.